The molecule has 0 aliphatic rings. The van der Waals surface area contributed by atoms with Crippen molar-refractivity contribution in [1.82, 2.24) is 0 Å². The lowest BCUT2D eigenvalue weighted by atomic mass is 10.1. The number of benzene rings is 2. The summed E-state index contributed by atoms with van der Waals surface area (Å²) in [6.45, 7) is 7.51. The highest BCUT2D eigenvalue weighted by molar-refractivity contribution is 9.15. The van der Waals surface area contributed by atoms with Crippen molar-refractivity contribution in [2.75, 3.05) is 0 Å². The third-order valence-corrected chi connectivity index (χ3v) is 10.4. The molecule has 0 saturated carbocycles. The highest BCUT2D eigenvalue weighted by Gasteiger charge is 2.23. The topological polar surface area (TPSA) is 35.5 Å². The lowest BCUT2D eigenvalue weighted by molar-refractivity contribution is 0.0201. The largest absolute Gasteiger partial charge is 0.510 e. The lowest BCUT2D eigenvalue weighted by Crippen LogP contribution is -2.15. The van der Waals surface area contributed by atoms with E-state index in [9.17, 15) is 4.79 Å². The van der Waals surface area contributed by atoms with E-state index < -0.39 is 18.4 Å². The van der Waals surface area contributed by atoms with Gasteiger partial charge in [-0.3, -0.25) is 0 Å². The molecule has 0 N–H and O–H groups in total. The Bertz CT molecular complexity index is 855. The average Bonchev–Trinajstić information content (AvgIpc) is 2.67. The molecule has 0 aliphatic heterocycles. The number of carbonyl (C=O) groups is 1. The van der Waals surface area contributed by atoms with Crippen molar-refractivity contribution in [3.8, 4) is 0 Å². The molecule has 2 unspecified atom stereocenters. The average molecular weight is 768 g/mol. The second-order valence-electron chi connectivity index (χ2n) is 5.33. The first-order valence-corrected chi connectivity index (χ1v) is 12.4. The van der Waals surface area contributed by atoms with Crippen molar-refractivity contribution in [2.24, 2.45) is 0 Å². The van der Waals surface area contributed by atoms with Crippen molar-refractivity contribution >= 4 is 102 Å². The molecule has 148 valence electrons. The molecule has 0 aliphatic carbocycles. The van der Waals surface area contributed by atoms with Crippen LogP contribution in [-0.4, -0.2) is 6.16 Å². The van der Waals surface area contributed by atoms with E-state index in [0.717, 1.165) is 38.0 Å². The van der Waals surface area contributed by atoms with Gasteiger partial charge in [-0.15, -0.1) is 0 Å². The monoisotopic (exact) mass is 762 g/mol. The highest BCUT2D eigenvalue weighted by Crippen LogP contribution is 2.39. The van der Waals surface area contributed by atoms with Gasteiger partial charge in [-0.1, -0.05) is 25.3 Å². The minimum atomic E-state index is -0.841. The first-order chi connectivity index (χ1) is 13.2. The van der Waals surface area contributed by atoms with Crippen LogP contribution in [0.1, 0.15) is 23.3 Å². The number of rotatable bonds is 6. The van der Waals surface area contributed by atoms with E-state index in [-0.39, 0.29) is 0 Å². The molecule has 0 aromatic heterocycles. The summed E-state index contributed by atoms with van der Waals surface area (Å²) in [7, 11) is 0. The number of halogens is 6. The van der Waals surface area contributed by atoms with Gasteiger partial charge in [-0.05, 0) is 120 Å². The summed E-state index contributed by atoms with van der Waals surface area (Å²) in [5, 5.41) is 0. The van der Waals surface area contributed by atoms with Crippen molar-refractivity contribution in [3.63, 3.8) is 0 Å². The molecule has 0 bridgehead atoms. The quantitative estimate of drug-likeness (QED) is 0.167. The minimum Gasteiger partial charge on any atom is -0.422 e. The number of carbonyl (C=O) groups excluding carboxylic acids is 1. The Labute approximate surface area is 213 Å². The number of hydrogen-bond donors (Lipinski definition) is 0. The van der Waals surface area contributed by atoms with Crippen LogP contribution in [0.15, 0.2) is 76.4 Å². The first-order valence-electron chi connectivity index (χ1n) is 7.60. The Morgan fingerprint density at radius 1 is 0.714 bits per heavy atom. The lowest BCUT2D eigenvalue weighted by Gasteiger charge is -2.20. The van der Waals surface area contributed by atoms with E-state index in [2.05, 4.69) is 109 Å². The maximum Gasteiger partial charge on any atom is 0.510 e. The molecule has 0 amide bonds. The van der Waals surface area contributed by atoms with Crippen LogP contribution in [0.3, 0.4) is 0 Å². The fourth-order valence-corrected chi connectivity index (χ4v) is 5.29. The summed E-state index contributed by atoms with van der Waals surface area (Å²) in [4.78, 5) is 12.4. The zero-order chi connectivity index (χ0) is 21.0. The summed E-state index contributed by atoms with van der Waals surface area (Å²) in [6.07, 6.45) is 0.813. The fraction of sp³-hybridized carbons (Fsp3) is 0.105. The molecule has 9 heteroatoms. The van der Waals surface area contributed by atoms with Gasteiger partial charge in [0.1, 0.15) is 12.2 Å². The van der Waals surface area contributed by atoms with E-state index in [1.54, 1.807) is 0 Å². The van der Waals surface area contributed by atoms with Crippen LogP contribution < -0.4 is 0 Å². The molecule has 2 atom stereocenters. The van der Waals surface area contributed by atoms with Gasteiger partial charge in [-0.25, -0.2) is 4.79 Å². The fourth-order valence-electron chi connectivity index (χ4n) is 2.23. The third-order valence-electron chi connectivity index (χ3n) is 3.62. The first kappa shape index (κ1) is 24.3. The number of hydrogen-bond acceptors (Lipinski definition) is 3. The molecule has 3 nitrogen and oxygen atoms in total. The van der Waals surface area contributed by atoms with Crippen LogP contribution in [0.25, 0.3) is 0 Å². The smallest absolute Gasteiger partial charge is 0.422 e. The molecule has 2 aromatic rings. The molecule has 0 heterocycles. The molecule has 2 rings (SSSR count). The van der Waals surface area contributed by atoms with Crippen molar-refractivity contribution < 1.29 is 14.3 Å². The van der Waals surface area contributed by atoms with Crippen LogP contribution in [-0.2, 0) is 9.47 Å². The zero-order valence-electron chi connectivity index (χ0n) is 14.0. The van der Waals surface area contributed by atoms with Gasteiger partial charge in [0.15, 0.2) is 0 Å². The van der Waals surface area contributed by atoms with Crippen LogP contribution in [0.2, 0.25) is 0 Å². The van der Waals surface area contributed by atoms with E-state index >= 15 is 0 Å². The number of ether oxygens (including phenoxy) is 2. The maximum absolute atomic E-state index is 12.4. The van der Waals surface area contributed by atoms with Crippen LogP contribution in [0.4, 0.5) is 4.79 Å². The molecule has 0 spiro atoms. The SMILES string of the molecule is C=CC(OC(=O)OC(C=C)c1ccc(Br)c(Br)c1Br)c1ccc(Br)c(Br)c1Br. The summed E-state index contributed by atoms with van der Waals surface area (Å²) in [5.41, 5.74) is 1.45. The van der Waals surface area contributed by atoms with Gasteiger partial charge >= 0.3 is 6.16 Å². The molecule has 28 heavy (non-hydrogen) atoms. The van der Waals surface area contributed by atoms with E-state index in [1.165, 1.54) is 12.2 Å². The van der Waals surface area contributed by atoms with Crippen molar-refractivity contribution in [3.05, 3.63) is 87.5 Å². The summed E-state index contributed by atoms with van der Waals surface area (Å²) in [5.74, 6) is 0. The highest BCUT2D eigenvalue weighted by atomic mass is 79.9. The van der Waals surface area contributed by atoms with Gasteiger partial charge < -0.3 is 9.47 Å². The van der Waals surface area contributed by atoms with Crippen molar-refractivity contribution in [2.45, 2.75) is 12.2 Å². The Morgan fingerprint density at radius 3 is 1.39 bits per heavy atom. The van der Waals surface area contributed by atoms with Gasteiger partial charge in [0.2, 0.25) is 0 Å². The maximum atomic E-state index is 12.4. The predicted octanol–water partition coefficient (Wildman–Crippen LogP) is 9.57. The van der Waals surface area contributed by atoms with Crippen LogP contribution in [0.5, 0.6) is 0 Å². The molecule has 0 saturated heterocycles. The molecular weight excluding hydrogens is 756 g/mol. The molecule has 0 radical (unpaired) electrons. The second kappa shape index (κ2) is 10.9. The molecule has 0 fully saturated rings. The Balaban J connectivity index is 2.21. The Hall–Kier alpha value is 0.0700. The van der Waals surface area contributed by atoms with Gasteiger partial charge in [0.05, 0.1) is 0 Å². The molecular formula is C19H12Br6O3. The van der Waals surface area contributed by atoms with Gasteiger partial charge in [0.25, 0.3) is 0 Å². The standard InChI is InChI=1S/C19H12Br6O3/c1-3-13(9-5-7-11(20)17(24)15(9)22)27-19(26)28-14(4-2)10-6-8-12(21)18(25)16(10)23/h3-8,13-14H,1-2H2. The third kappa shape index (κ3) is 5.60. The van der Waals surface area contributed by atoms with Crippen LogP contribution >= 0.6 is 95.6 Å². The van der Waals surface area contributed by atoms with E-state index in [4.69, 9.17) is 9.47 Å². The van der Waals surface area contributed by atoms with Crippen LogP contribution in [0, 0.1) is 0 Å². The van der Waals surface area contributed by atoms with E-state index in [0.29, 0.717) is 0 Å². The van der Waals surface area contributed by atoms with Gasteiger partial charge in [0, 0.05) is 38.0 Å². The minimum absolute atomic E-state index is 0.697. The second-order valence-corrected chi connectivity index (χ2v) is 10.2. The Morgan fingerprint density at radius 2 is 1.07 bits per heavy atom. The van der Waals surface area contributed by atoms with E-state index in [1.807, 2.05) is 24.3 Å². The van der Waals surface area contributed by atoms with Gasteiger partial charge in [-0.2, -0.15) is 0 Å². The summed E-state index contributed by atoms with van der Waals surface area (Å²) < 4.78 is 15.8. The van der Waals surface area contributed by atoms with Crippen molar-refractivity contribution in [1.29, 1.82) is 0 Å². The predicted molar refractivity (Wildman–Crippen MR) is 133 cm³/mol. The normalized spacial score (nSPS) is 12.8. The summed E-state index contributed by atoms with van der Waals surface area (Å²) in [6, 6.07) is 7.34. The Kier molecular flexibility index (Phi) is 9.48. The molecule has 2 aromatic carbocycles. The summed E-state index contributed by atoms with van der Waals surface area (Å²) >= 11 is 20.8. The zero-order valence-corrected chi connectivity index (χ0v) is 23.5.